The van der Waals surface area contributed by atoms with Crippen molar-refractivity contribution in [3.05, 3.63) is 94.7 Å². The maximum atomic E-state index is 12.8. The van der Waals surface area contributed by atoms with E-state index in [0.29, 0.717) is 0 Å². The Balaban J connectivity index is 0.000000411. The van der Waals surface area contributed by atoms with E-state index in [4.69, 9.17) is 9.90 Å². The van der Waals surface area contributed by atoms with Crippen LogP contribution < -0.4 is 5.32 Å². The number of aliphatic carboxylic acids is 1. The molecule has 40 heavy (non-hydrogen) atoms. The van der Waals surface area contributed by atoms with Crippen molar-refractivity contribution in [1.29, 1.82) is 0 Å². The van der Waals surface area contributed by atoms with Crippen LogP contribution in [0.3, 0.4) is 0 Å². The highest BCUT2D eigenvalue weighted by atomic mass is 19.4. The number of carboxylic acid groups (broad SMARTS) is 1. The van der Waals surface area contributed by atoms with E-state index >= 15 is 0 Å². The number of aromatic nitrogens is 2. The number of benzene rings is 3. The first-order valence-electron chi connectivity index (χ1n) is 12.6. The predicted molar refractivity (Wildman–Crippen MR) is 147 cm³/mol. The number of anilines is 1. The third-order valence-electron chi connectivity index (χ3n) is 7.20. The van der Waals surface area contributed by atoms with Crippen LogP contribution in [-0.4, -0.2) is 52.4 Å². The summed E-state index contributed by atoms with van der Waals surface area (Å²) in [6.07, 6.45) is -0.0799. The number of para-hydroxylation sites is 1. The van der Waals surface area contributed by atoms with E-state index < -0.39 is 17.6 Å². The van der Waals surface area contributed by atoms with E-state index in [1.807, 2.05) is 18.2 Å². The Morgan fingerprint density at radius 3 is 2.48 bits per heavy atom. The number of carbonyl (C=O) groups is 2. The molecule has 1 aliphatic carbocycles. The quantitative estimate of drug-likeness (QED) is 0.293. The second kappa shape index (κ2) is 10.3. The predicted octanol–water partition coefficient (Wildman–Crippen LogP) is 5.81. The minimum Gasteiger partial charge on any atom is -0.475 e. The highest BCUT2D eigenvalue weighted by molar-refractivity contribution is 6.09. The van der Waals surface area contributed by atoms with E-state index in [1.54, 1.807) is 0 Å². The van der Waals surface area contributed by atoms with Gasteiger partial charge in [0.2, 0.25) is 5.91 Å². The third kappa shape index (κ3) is 5.22. The molecule has 0 radical (unpaired) electrons. The zero-order chi connectivity index (χ0) is 28.7. The van der Waals surface area contributed by atoms with E-state index in [1.165, 1.54) is 11.1 Å². The Labute approximate surface area is 228 Å². The highest BCUT2D eigenvalue weighted by Crippen LogP contribution is 2.64. The second-order valence-electron chi connectivity index (χ2n) is 10.3. The van der Waals surface area contributed by atoms with Gasteiger partial charge in [0.1, 0.15) is 0 Å². The number of hydrogen-bond donors (Lipinski definition) is 3. The van der Waals surface area contributed by atoms with Crippen LogP contribution in [0.25, 0.3) is 23.1 Å². The standard InChI is InChI=1S/C28H26N4O.C2HF3O2/c1-32(2)17-19-9-7-18(8-10-19)11-14-24-21-13-12-20(15-26(21)31-30-24)23-16-28(23)22-5-3-4-6-25(22)29-27(28)33;3-2(4,5)1(6)7/h3-15,23H,16-17H2,1-2H3,(H,29,33)(H,30,31);(H,6,7)/t23-,28-;/m1./s1. The Bertz CT molecular complexity index is 1610. The van der Waals surface area contributed by atoms with Gasteiger partial charge in [-0.1, -0.05) is 60.7 Å². The summed E-state index contributed by atoms with van der Waals surface area (Å²) in [7, 11) is 4.15. The molecule has 10 heteroatoms. The van der Waals surface area contributed by atoms with Crippen LogP contribution in [0, 0.1) is 0 Å². The number of carbonyl (C=O) groups excluding carboxylic acids is 1. The average molecular weight is 549 g/mol. The number of nitrogens with zero attached hydrogens (tertiary/aromatic N) is 2. The molecule has 7 nitrogen and oxygen atoms in total. The SMILES string of the molecule is CN(C)Cc1ccc(C=Cc2n[nH]c3cc([C@H]4C[C@]45C(=O)Nc4ccccc45)ccc23)cc1.O=C(O)C(F)(F)F. The molecule has 2 atom stereocenters. The number of nitrogens with one attached hydrogen (secondary N) is 2. The first-order valence-corrected chi connectivity index (χ1v) is 12.6. The summed E-state index contributed by atoms with van der Waals surface area (Å²) in [6, 6.07) is 23.1. The molecule has 2 aliphatic rings. The van der Waals surface area contributed by atoms with Crippen LogP contribution in [0.15, 0.2) is 66.7 Å². The summed E-state index contributed by atoms with van der Waals surface area (Å²) in [5.74, 6) is -2.43. The number of rotatable bonds is 5. The molecule has 1 aromatic heterocycles. The minimum atomic E-state index is -5.08. The number of alkyl halides is 3. The fraction of sp³-hybridized carbons (Fsp3) is 0.233. The lowest BCUT2D eigenvalue weighted by Crippen LogP contribution is -2.21. The van der Waals surface area contributed by atoms with Crippen LogP contribution in [0.1, 0.15) is 40.3 Å². The van der Waals surface area contributed by atoms with Crippen molar-refractivity contribution in [2.24, 2.45) is 0 Å². The fourth-order valence-corrected chi connectivity index (χ4v) is 5.23. The van der Waals surface area contributed by atoms with Gasteiger partial charge >= 0.3 is 12.1 Å². The zero-order valence-electron chi connectivity index (χ0n) is 21.8. The van der Waals surface area contributed by atoms with Crippen LogP contribution in [0.4, 0.5) is 18.9 Å². The smallest absolute Gasteiger partial charge is 0.475 e. The van der Waals surface area contributed by atoms with Gasteiger partial charge in [-0.25, -0.2) is 4.79 Å². The molecular formula is C30H27F3N4O3. The molecule has 0 saturated heterocycles. The number of halogens is 3. The Kier molecular flexibility index (Phi) is 6.97. The lowest BCUT2D eigenvalue weighted by molar-refractivity contribution is -0.192. The molecule has 1 aliphatic heterocycles. The topological polar surface area (TPSA) is 98.3 Å². The number of hydrogen-bond acceptors (Lipinski definition) is 4. The van der Waals surface area contributed by atoms with Gasteiger partial charge < -0.3 is 15.3 Å². The molecule has 0 unspecified atom stereocenters. The van der Waals surface area contributed by atoms with Gasteiger partial charge in [-0.05, 0) is 61.0 Å². The summed E-state index contributed by atoms with van der Waals surface area (Å²) < 4.78 is 31.7. The van der Waals surface area contributed by atoms with Gasteiger partial charge in [0, 0.05) is 23.5 Å². The van der Waals surface area contributed by atoms with Crippen molar-refractivity contribution in [2.45, 2.75) is 30.5 Å². The van der Waals surface area contributed by atoms with Crippen LogP contribution in [0.5, 0.6) is 0 Å². The lowest BCUT2D eigenvalue weighted by Gasteiger charge is -2.09. The molecule has 1 saturated carbocycles. The summed E-state index contributed by atoms with van der Waals surface area (Å²) in [4.78, 5) is 23.9. The van der Waals surface area contributed by atoms with Gasteiger partial charge in [-0.2, -0.15) is 18.3 Å². The largest absolute Gasteiger partial charge is 0.490 e. The normalized spacial score (nSPS) is 19.6. The molecule has 6 rings (SSSR count). The molecule has 1 fully saturated rings. The summed E-state index contributed by atoms with van der Waals surface area (Å²) >= 11 is 0. The number of carboxylic acids is 1. The van der Waals surface area contributed by atoms with E-state index in [2.05, 4.69) is 95.2 Å². The van der Waals surface area contributed by atoms with Gasteiger partial charge in [0.15, 0.2) is 0 Å². The molecule has 206 valence electrons. The Hall–Kier alpha value is -4.44. The van der Waals surface area contributed by atoms with E-state index in [9.17, 15) is 18.0 Å². The second-order valence-corrected chi connectivity index (χ2v) is 10.3. The van der Waals surface area contributed by atoms with Crippen molar-refractivity contribution in [2.75, 3.05) is 19.4 Å². The molecule has 0 bridgehead atoms. The maximum absolute atomic E-state index is 12.8. The van der Waals surface area contributed by atoms with Crippen molar-refractivity contribution in [3.63, 3.8) is 0 Å². The molecule has 4 aromatic rings. The van der Waals surface area contributed by atoms with Gasteiger partial charge in [-0.15, -0.1) is 0 Å². The van der Waals surface area contributed by atoms with Crippen LogP contribution >= 0.6 is 0 Å². The lowest BCUT2D eigenvalue weighted by atomic mass is 9.92. The van der Waals surface area contributed by atoms with Gasteiger partial charge in [-0.3, -0.25) is 9.89 Å². The summed E-state index contributed by atoms with van der Waals surface area (Å²) in [5.41, 5.74) is 7.23. The summed E-state index contributed by atoms with van der Waals surface area (Å²) in [6.45, 7) is 0.936. The van der Waals surface area contributed by atoms with Crippen molar-refractivity contribution in [1.82, 2.24) is 15.1 Å². The molecule has 2 heterocycles. The summed E-state index contributed by atoms with van der Waals surface area (Å²) in [5, 5.41) is 19.0. The monoisotopic (exact) mass is 548 g/mol. The number of amides is 1. The fourth-order valence-electron chi connectivity index (χ4n) is 5.23. The van der Waals surface area contributed by atoms with Gasteiger partial charge in [0.05, 0.1) is 16.6 Å². The van der Waals surface area contributed by atoms with E-state index in [0.717, 1.165) is 46.4 Å². The number of H-pyrrole nitrogens is 1. The molecule has 1 spiro atoms. The highest BCUT2D eigenvalue weighted by Gasteiger charge is 2.65. The van der Waals surface area contributed by atoms with Crippen LogP contribution in [-0.2, 0) is 21.5 Å². The van der Waals surface area contributed by atoms with E-state index in [-0.39, 0.29) is 11.8 Å². The molecule has 1 amide bonds. The van der Waals surface area contributed by atoms with Crippen molar-refractivity contribution >= 4 is 40.6 Å². The first kappa shape index (κ1) is 27.1. The maximum Gasteiger partial charge on any atom is 0.490 e. The Morgan fingerprint density at radius 1 is 1.10 bits per heavy atom. The molecule has 3 aromatic carbocycles. The molecular weight excluding hydrogens is 521 g/mol. The molecule has 3 N–H and O–H groups in total. The number of fused-ring (bicyclic) bond motifs is 3. The van der Waals surface area contributed by atoms with Crippen molar-refractivity contribution < 1.29 is 27.9 Å². The Morgan fingerprint density at radius 2 is 1.80 bits per heavy atom. The van der Waals surface area contributed by atoms with Gasteiger partial charge in [0.25, 0.3) is 0 Å². The van der Waals surface area contributed by atoms with Crippen molar-refractivity contribution in [3.8, 4) is 0 Å². The third-order valence-corrected chi connectivity index (χ3v) is 7.20. The first-order chi connectivity index (χ1) is 19.0. The minimum absolute atomic E-state index is 0.124. The number of aromatic amines is 1. The zero-order valence-corrected chi connectivity index (χ0v) is 21.8. The average Bonchev–Trinajstić information content (AvgIpc) is 3.44. The van der Waals surface area contributed by atoms with Crippen LogP contribution in [0.2, 0.25) is 0 Å².